The number of amides is 1. The molecule has 0 bridgehead atoms. The predicted octanol–water partition coefficient (Wildman–Crippen LogP) is 1.79. The fraction of sp³-hybridized carbons (Fsp3) is 0.941. The third kappa shape index (κ3) is 2.38. The van der Waals surface area contributed by atoms with Crippen LogP contribution in [0.3, 0.4) is 0 Å². The molecule has 2 aliphatic heterocycles. The molecule has 3 aliphatic rings. The summed E-state index contributed by atoms with van der Waals surface area (Å²) >= 11 is 0. The minimum absolute atomic E-state index is 0.0602. The molecule has 22 heavy (non-hydrogen) atoms. The molecule has 2 saturated heterocycles. The molecule has 0 aromatic rings. The highest BCUT2D eigenvalue weighted by molar-refractivity contribution is 5.88. The smallest absolute Gasteiger partial charge is 0.254 e. The van der Waals surface area contributed by atoms with Crippen molar-refractivity contribution in [2.45, 2.75) is 95.2 Å². The molecule has 126 valence electrons. The normalized spacial score (nSPS) is 32.7. The molecule has 2 spiro atoms. The van der Waals surface area contributed by atoms with Gasteiger partial charge in [0.15, 0.2) is 5.60 Å². The van der Waals surface area contributed by atoms with E-state index in [9.17, 15) is 9.90 Å². The molecule has 5 nitrogen and oxygen atoms in total. The first-order valence-electron chi connectivity index (χ1n) is 8.49. The highest BCUT2D eigenvalue weighted by Crippen LogP contribution is 2.52. The zero-order chi connectivity index (χ0) is 16.4. The molecule has 3 rings (SSSR count). The van der Waals surface area contributed by atoms with Crippen molar-refractivity contribution in [1.29, 1.82) is 0 Å². The van der Waals surface area contributed by atoms with Gasteiger partial charge in [-0.2, -0.15) is 0 Å². The van der Waals surface area contributed by atoms with Gasteiger partial charge < -0.3 is 15.2 Å². The van der Waals surface area contributed by atoms with Crippen LogP contribution in [-0.2, 0) is 9.53 Å². The van der Waals surface area contributed by atoms with Crippen molar-refractivity contribution in [2.24, 2.45) is 0 Å². The fourth-order valence-electron chi connectivity index (χ4n) is 4.95. The quantitative estimate of drug-likeness (QED) is 0.816. The largest absolute Gasteiger partial charge is 0.392 e. The zero-order valence-corrected chi connectivity index (χ0v) is 14.5. The van der Waals surface area contributed by atoms with Crippen LogP contribution in [0, 0.1) is 0 Å². The Morgan fingerprint density at radius 1 is 1.23 bits per heavy atom. The summed E-state index contributed by atoms with van der Waals surface area (Å²) < 4.78 is 6.40. The van der Waals surface area contributed by atoms with Crippen LogP contribution in [-0.4, -0.2) is 51.0 Å². The Balaban J connectivity index is 1.90. The summed E-state index contributed by atoms with van der Waals surface area (Å²) in [6.45, 7) is 11.0. The van der Waals surface area contributed by atoms with Crippen molar-refractivity contribution in [1.82, 2.24) is 10.2 Å². The molecule has 1 unspecified atom stereocenters. The maximum atomic E-state index is 12.8. The Labute approximate surface area is 133 Å². The lowest BCUT2D eigenvalue weighted by Gasteiger charge is -2.58. The Morgan fingerprint density at radius 2 is 1.77 bits per heavy atom. The van der Waals surface area contributed by atoms with Gasteiger partial charge in [-0.15, -0.1) is 0 Å². The molecule has 3 fully saturated rings. The van der Waals surface area contributed by atoms with Gasteiger partial charge in [-0.25, -0.2) is 0 Å². The van der Waals surface area contributed by atoms with E-state index in [0.29, 0.717) is 19.4 Å². The minimum atomic E-state index is -0.720. The molecular formula is C17H30N2O3. The van der Waals surface area contributed by atoms with E-state index in [4.69, 9.17) is 4.74 Å². The Morgan fingerprint density at radius 3 is 2.14 bits per heavy atom. The van der Waals surface area contributed by atoms with Gasteiger partial charge >= 0.3 is 0 Å². The van der Waals surface area contributed by atoms with Crippen LogP contribution in [0.1, 0.15) is 66.7 Å². The first-order valence-corrected chi connectivity index (χ1v) is 8.49. The topological polar surface area (TPSA) is 61.8 Å². The van der Waals surface area contributed by atoms with Gasteiger partial charge in [-0.3, -0.25) is 9.69 Å². The first-order chi connectivity index (χ1) is 10.0. The van der Waals surface area contributed by atoms with E-state index < -0.39 is 11.3 Å². The van der Waals surface area contributed by atoms with Crippen LogP contribution in [0.15, 0.2) is 0 Å². The summed E-state index contributed by atoms with van der Waals surface area (Å²) in [6, 6.07) is 0. The molecule has 1 saturated carbocycles. The van der Waals surface area contributed by atoms with Crippen molar-refractivity contribution in [2.75, 3.05) is 6.54 Å². The highest BCUT2D eigenvalue weighted by Gasteiger charge is 2.64. The van der Waals surface area contributed by atoms with Gasteiger partial charge in [0, 0.05) is 30.5 Å². The van der Waals surface area contributed by atoms with E-state index >= 15 is 0 Å². The van der Waals surface area contributed by atoms with E-state index in [1.807, 2.05) is 6.92 Å². The van der Waals surface area contributed by atoms with Gasteiger partial charge in [0.25, 0.3) is 5.91 Å². The van der Waals surface area contributed by atoms with Crippen LogP contribution in [0.4, 0.5) is 0 Å². The number of hydrogen-bond donors (Lipinski definition) is 2. The summed E-state index contributed by atoms with van der Waals surface area (Å²) in [7, 11) is 0. The van der Waals surface area contributed by atoms with Crippen molar-refractivity contribution in [3.63, 3.8) is 0 Å². The lowest BCUT2D eigenvalue weighted by molar-refractivity contribution is -0.205. The third-order valence-corrected chi connectivity index (χ3v) is 5.65. The number of carbonyl (C=O) groups is 1. The van der Waals surface area contributed by atoms with E-state index in [2.05, 4.69) is 37.9 Å². The van der Waals surface area contributed by atoms with Crippen LogP contribution in [0.25, 0.3) is 0 Å². The van der Waals surface area contributed by atoms with E-state index in [1.165, 1.54) is 0 Å². The molecule has 1 aliphatic carbocycles. The fourth-order valence-corrected chi connectivity index (χ4v) is 4.95. The predicted molar refractivity (Wildman–Crippen MR) is 84.3 cm³/mol. The number of aliphatic hydroxyl groups excluding tert-OH is 1. The molecule has 5 heteroatoms. The number of piperidine rings is 1. The Bertz CT molecular complexity index is 462. The number of ether oxygens (including phenoxy) is 1. The van der Waals surface area contributed by atoms with Gasteiger partial charge in [-0.05, 0) is 53.9 Å². The van der Waals surface area contributed by atoms with E-state index in [-0.39, 0.29) is 23.1 Å². The molecule has 0 aromatic heterocycles. The number of nitrogens with zero attached hydrogens (tertiary/aromatic N) is 1. The van der Waals surface area contributed by atoms with Crippen LogP contribution in [0.2, 0.25) is 0 Å². The second-order valence-electron chi connectivity index (χ2n) is 8.84. The summed E-state index contributed by atoms with van der Waals surface area (Å²) in [6.07, 6.45) is 3.94. The second-order valence-corrected chi connectivity index (χ2v) is 8.84. The van der Waals surface area contributed by atoms with Crippen molar-refractivity contribution in [3.8, 4) is 0 Å². The molecule has 0 aromatic carbocycles. The Kier molecular flexibility index (Phi) is 3.45. The number of rotatable bonds is 2. The van der Waals surface area contributed by atoms with Gasteiger partial charge in [-0.1, -0.05) is 0 Å². The standard InChI is InChI=1S/C17H30N2O3/c1-12(20)9-19-14(2,3)10-16(11-15(19,4)5)13(21)18-17(22-16)7-6-8-17/h12,20H,6-11H2,1-5H3,(H,18,21). The number of hydrogen-bond acceptors (Lipinski definition) is 4. The van der Waals surface area contributed by atoms with E-state index in [0.717, 1.165) is 19.3 Å². The van der Waals surface area contributed by atoms with Crippen LogP contribution in [0.5, 0.6) is 0 Å². The van der Waals surface area contributed by atoms with Gasteiger partial charge in [0.05, 0.1) is 6.10 Å². The lowest BCUT2D eigenvalue weighted by atomic mass is 9.70. The molecule has 1 amide bonds. The second kappa shape index (κ2) is 4.68. The molecule has 2 heterocycles. The van der Waals surface area contributed by atoms with E-state index in [1.54, 1.807) is 0 Å². The summed E-state index contributed by atoms with van der Waals surface area (Å²) in [5.41, 5.74) is -1.52. The number of β-amino-alcohol motifs (C(OH)–C–C–N with tert-alkyl or cyclic N) is 1. The number of aliphatic hydroxyl groups is 1. The van der Waals surface area contributed by atoms with Crippen molar-refractivity contribution in [3.05, 3.63) is 0 Å². The van der Waals surface area contributed by atoms with Gasteiger partial charge in [0.1, 0.15) is 5.72 Å². The van der Waals surface area contributed by atoms with Gasteiger partial charge in [0.2, 0.25) is 0 Å². The average molecular weight is 310 g/mol. The maximum Gasteiger partial charge on any atom is 0.254 e. The molecule has 2 N–H and O–H groups in total. The van der Waals surface area contributed by atoms with Crippen LogP contribution < -0.4 is 5.32 Å². The maximum absolute atomic E-state index is 12.8. The lowest BCUT2D eigenvalue weighted by Crippen LogP contribution is -2.68. The minimum Gasteiger partial charge on any atom is -0.392 e. The van der Waals surface area contributed by atoms with Crippen molar-refractivity contribution >= 4 is 5.91 Å². The number of carbonyl (C=O) groups excluding carboxylic acids is 1. The monoisotopic (exact) mass is 310 g/mol. The Hall–Kier alpha value is -0.650. The summed E-state index contributed by atoms with van der Waals surface area (Å²) in [5, 5.41) is 13.0. The average Bonchev–Trinajstić information content (AvgIpc) is 2.56. The SMILES string of the molecule is CC(O)CN1C(C)(C)CC2(CC1(C)C)OC1(CCC1)NC2=O. The number of likely N-dealkylation sites (tertiary alicyclic amines) is 1. The molecule has 1 atom stereocenters. The summed E-state index contributed by atoms with van der Waals surface area (Å²) in [5.74, 6) is 0.0602. The summed E-state index contributed by atoms with van der Waals surface area (Å²) in [4.78, 5) is 15.1. The molecular weight excluding hydrogens is 280 g/mol. The zero-order valence-electron chi connectivity index (χ0n) is 14.5. The first kappa shape index (κ1) is 16.2. The van der Waals surface area contributed by atoms with Crippen molar-refractivity contribution < 1.29 is 14.6 Å². The molecule has 0 radical (unpaired) electrons. The van der Waals surface area contributed by atoms with Crippen LogP contribution >= 0.6 is 0 Å². The number of nitrogens with one attached hydrogen (secondary N) is 1. The highest BCUT2D eigenvalue weighted by atomic mass is 16.6. The third-order valence-electron chi connectivity index (χ3n) is 5.65.